The van der Waals surface area contributed by atoms with Crippen molar-refractivity contribution in [2.75, 3.05) is 6.61 Å². The van der Waals surface area contributed by atoms with E-state index in [1.54, 1.807) is 18.2 Å². The van der Waals surface area contributed by atoms with Crippen LogP contribution in [0.4, 0.5) is 4.39 Å². The van der Waals surface area contributed by atoms with Gasteiger partial charge in [0.15, 0.2) is 5.65 Å². The molecule has 0 spiro atoms. The first-order chi connectivity index (χ1) is 10.2. The number of imidazole rings is 1. The Morgan fingerprint density at radius 1 is 1.24 bits per heavy atom. The van der Waals surface area contributed by atoms with Gasteiger partial charge < -0.3 is 9.72 Å². The summed E-state index contributed by atoms with van der Waals surface area (Å²) in [6, 6.07) is 8.23. The van der Waals surface area contributed by atoms with Crippen LogP contribution in [0.1, 0.15) is 18.3 Å². The van der Waals surface area contributed by atoms with E-state index < -0.39 is 0 Å². The first-order valence-corrected chi connectivity index (χ1v) is 6.96. The number of nitrogens with zero attached hydrogens (tertiary/aromatic N) is 2. The highest BCUT2D eigenvalue weighted by Crippen LogP contribution is 2.22. The first kappa shape index (κ1) is 13.8. The third-order valence-electron chi connectivity index (χ3n) is 3.07. The number of benzene rings is 1. The summed E-state index contributed by atoms with van der Waals surface area (Å²) in [5.74, 6) is 0.788. The van der Waals surface area contributed by atoms with Crippen molar-refractivity contribution in [3.8, 4) is 5.88 Å². The summed E-state index contributed by atoms with van der Waals surface area (Å²) in [7, 11) is 0. The molecule has 0 amide bonds. The second-order valence-electron chi connectivity index (χ2n) is 4.51. The summed E-state index contributed by atoms with van der Waals surface area (Å²) in [6.07, 6.45) is 0.284. The number of ether oxygens (including phenoxy) is 1. The molecule has 0 saturated heterocycles. The number of halogens is 2. The molecule has 0 atom stereocenters. The van der Waals surface area contributed by atoms with Crippen LogP contribution in [0.25, 0.3) is 11.2 Å². The monoisotopic (exact) mass is 305 g/mol. The predicted molar refractivity (Wildman–Crippen MR) is 79.3 cm³/mol. The molecule has 0 aliphatic carbocycles. The number of aromatic amines is 1. The largest absolute Gasteiger partial charge is 0.478 e. The zero-order chi connectivity index (χ0) is 14.8. The van der Waals surface area contributed by atoms with E-state index in [2.05, 4.69) is 15.0 Å². The number of fused-ring (bicyclic) bond motifs is 1. The van der Waals surface area contributed by atoms with Crippen LogP contribution in [0.2, 0.25) is 5.02 Å². The van der Waals surface area contributed by atoms with Crippen molar-refractivity contribution in [2.24, 2.45) is 0 Å². The predicted octanol–water partition coefficient (Wildman–Crippen LogP) is 3.74. The highest BCUT2D eigenvalue weighted by Gasteiger charge is 2.11. The van der Waals surface area contributed by atoms with Crippen LogP contribution in [-0.2, 0) is 6.42 Å². The Balaban J connectivity index is 1.94. The fourth-order valence-electron chi connectivity index (χ4n) is 2.11. The highest BCUT2D eigenvalue weighted by molar-refractivity contribution is 6.31. The lowest BCUT2D eigenvalue weighted by Gasteiger charge is -2.02. The Labute approximate surface area is 125 Å². The van der Waals surface area contributed by atoms with Crippen molar-refractivity contribution in [2.45, 2.75) is 13.3 Å². The number of pyridine rings is 1. The van der Waals surface area contributed by atoms with Gasteiger partial charge >= 0.3 is 0 Å². The average molecular weight is 306 g/mol. The van der Waals surface area contributed by atoms with Crippen molar-refractivity contribution < 1.29 is 9.13 Å². The molecule has 3 aromatic rings. The topological polar surface area (TPSA) is 50.8 Å². The second kappa shape index (κ2) is 5.69. The second-order valence-corrected chi connectivity index (χ2v) is 4.92. The smallest absolute Gasteiger partial charge is 0.215 e. The van der Waals surface area contributed by atoms with Gasteiger partial charge in [-0.15, -0.1) is 0 Å². The van der Waals surface area contributed by atoms with Gasteiger partial charge in [-0.2, -0.15) is 4.98 Å². The number of hydrogen-bond acceptors (Lipinski definition) is 3. The van der Waals surface area contributed by atoms with Crippen molar-refractivity contribution in [1.29, 1.82) is 0 Å². The van der Waals surface area contributed by atoms with E-state index >= 15 is 0 Å². The maximum absolute atomic E-state index is 13.8. The number of H-pyrrole nitrogens is 1. The normalized spacial score (nSPS) is 11.0. The highest BCUT2D eigenvalue weighted by atomic mass is 35.5. The minimum atomic E-state index is -0.342. The molecule has 0 fully saturated rings. The molecule has 2 aromatic heterocycles. The molecule has 0 aliphatic rings. The Bertz CT molecular complexity index is 767. The maximum Gasteiger partial charge on any atom is 0.215 e. The van der Waals surface area contributed by atoms with E-state index in [1.165, 1.54) is 6.07 Å². The molecule has 108 valence electrons. The minimum absolute atomic E-state index is 0.284. The minimum Gasteiger partial charge on any atom is -0.478 e. The van der Waals surface area contributed by atoms with Gasteiger partial charge in [-0.25, -0.2) is 9.37 Å². The number of rotatable bonds is 4. The average Bonchev–Trinajstić information content (AvgIpc) is 2.85. The third kappa shape index (κ3) is 2.83. The van der Waals surface area contributed by atoms with Crippen LogP contribution in [-0.4, -0.2) is 21.6 Å². The summed E-state index contributed by atoms with van der Waals surface area (Å²) < 4.78 is 19.1. The van der Waals surface area contributed by atoms with E-state index in [-0.39, 0.29) is 12.2 Å². The van der Waals surface area contributed by atoms with E-state index in [4.69, 9.17) is 16.3 Å². The first-order valence-electron chi connectivity index (χ1n) is 6.58. The van der Waals surface area contributed by atoms with Gasteiger partial charge in [-0.1, -0.05) is 17.7 Å². The molecule has 21 heavy (non-hydrogen) atoms. The van der Waals surface area contributed by atoms with Gasteiger partial charge in [-0.05, 0) is 25.1 Å². The van der Waals surface area contributed by atoms with Crippen LogP contribution >= 0.6 is 11.6 Å². The third-order valence-corrected chi connectivity index (χ3v) is 3.42. The summed E-state index contributed by atoms with van der Waals surface area (Å²) in [5, 5.41) is 0.387. The van der Waals surface area contributed by atoms with Crippen molar-refractivity contribution in [3.63, 3.8) is 0 Å². The molecule has 0 unspecified atom stereocenters. The Kier molecular flexibility index (Phi) is 3.75. The number of nitrogens with one attached hydrogen (secondary N) is 1. The Morgan fingerprint density at radius 2 is 2.10 bits per heavy atom. The van der Waals surface area contributed by atoms with Gasteiger partial charge in [0.2, 0.25) is 5.88 Å². The van der Waals surface area contributed by atoms with Gasteiger partial charge in [0.1, 0.15) is 11.6 Å². The molecular formula is C15H13ClFN3O. The van der Waals surface area contributed by atoms with Crippen molar-refractivity contribution >= 4 is 22.8 Å². The molecule has 1 aromatic carbocycles. The zero-order valence-electron chi connectivity index (χ0n) is 11.4. The van der Waals surface area contributed by atoms with Gasteiger partial charge in [0.25, 0.3) is 0 Å². The lowest BCUT2D eigenvalue weighted by Crippen LogP contribution is -1.96. The molecular weight excluding hydrogens is 293 g/mol. The lowest BCUT2D eigenvalue weighted by molar-refractivity contribution is 0.328. The van der Waals surface area contributed by atoms with Crippen molar-refractivity contribution in [1.82, 2.24) is 15.0 Å². The Morgan fingerprint density at radius 3 is 2.86 bits per heavy atom. The quantitative estimate of drug-likeness (QED) is 0.799. The van der Waals surface area contributed by atoms with E-state index in [9.17, 15) is 4.39 Å². The van der Waals surface area contributed by atoms with Crippen LogP contribution in [0.15, 0.2) is 30.3 Å². The summed E-state index contributed by atoms with van der Waals surface area (Å²) in [4.78, 5) is 11.8. The van der Waals surface area contributed by atoms with Crippen LogP contribution in [0.3, 0.4) is 0 Å². The van der Waals surface area contributed by atoms with E-state index in [0.29, 0.717) is 34.5 Å². The van der Waals surface area contributed by atoms with E-state index in [1.807, 2.05) is 13.0 Å². The Hall–Kier alpha value is -2.14. The van der Waals surface area contributed by atoms with Gasteiger partial charge in [0.05, 0.1) is 12.1 Å². The molecule has 4 nitrogen and oxygen atoms in total. The SMILES string of the molecule is CCOc1ccc2[nH]c(Cc3c(F)cccc3Cl)nc2n1. The molecule has 6 heteroatoms. The van der Waals surface area contributed by atoms with Crippen LogP contribution in [0.5, 0.6) is 5.88 Å². The number of aromatic nitrogens is 3. The summed E-state index contributed by atoms with van der Waals surface area (Å²) in [5.41, 5.74) is 1.74. The molecule has 3 rings (SSSR count). The molecule has 1 N–H and O–H groups in total. The van der Waals surface area contributed by atoms with E-state index in [0.717, 1.165) is 5.52 Å². The maximum atomic E-state index is 13.8. The molecule has 2 heterocycles. The van der Waals surface area contributed by atoms with Crippen molar-refractivity contribution in [3.05, 3.63) is 52.6 Å². The standard InChI is InChI=1S/C15H13ClFN3O/c1-2-21-14-7-6-12-15(20-14)19-13(18-12)8-9-10(16)4-3-5-11(9)17/h3-7H,2,8H2,1H3,(H,18,19,20). The van der Waals surface area contributed by atoms with Gasteiger partial charge in [0, 0.05) is 23.1 Å². The van der Waals surface area contributed by atoms with Crippen LogP contribution < -0.4 is 4.74 Å². The number of hydrogen-bond donors (Lipinski definition) is 1. The molecule has 0 bridgehead atoms. The van der Waals surface area contributed by atoms with Crippen LogP contribution in [0, 0.1) is 5.82 Å². The fourth-order valence-corrected chi connectivity index (χ4v) is 2.34. The summed E-state index contributed by atoms with van der Waals surface area (Å²) >= 11 is 6.03. The molecule has 0 saturated carbocycles. The van der Waals surface area contributed by atoms with Gasteiger partial charge in [-0.3, -0.25) is 0 Å². The lowest BCUT2D eigenvalue weighted by atomic mass is 10.1. The zero-order valence-corrected chi connectivity index (χ0v) is 12.1. The summed E-state index contributed by atoms with van der Waals surface area (Å²) in [6.45, 7) is 2.43. The molecule has 0 radical (unpaired) electrons. The fraction of sp³-hybridized carbons (Fsp3) is 0.200. The molecule has 0 aliphatic heterocycles.